The van der Waals surface area contributed by atoms with Gasteiger partial charge in [-0.05, 0) is 23.3 Å². The number of methoxy groups -OCH3 is 1. The zero-order valence-electron chi connectivity index (χ0n) is 9.62. The topological polar surface area (TPSA) is 52.3 Å². The van der Waals surface area contributed by atoms with Gasteiger partial charge in [-0.2, -0.15) is 0 Å². The maximum absolute atomic E-state index is 11.8. The molecule has 0 aliphatic heterocycles. The van der Waals surface area contributed by atoms with Crippen LogP contribution in [0.3, 0.4) is 0 Å². The molecule has 0 atom stereocenters. The fourth-order valence-corrected chi connectivity index (χ4v) is 3.63. The van der Waals surface area contributed by atoms with E-state index in [1.807, 2.05) is 18.2 Å². The number of hydrogen-bond acceptors (Lipinski definition) is 4. The minimum atomic E-state index is -0.382. The third-order valence-corrected chi connectivity index (χ3v) is 4.34. The van der Waals surface area contributed by atoms with Crippen LogP contribution in [0.15, 0.2) is 18.2 Å². The molecule has 0 bridgehead atoms. The zero-order valence-corrected chi connectivity index (χ0v) is 11.2. The number of anilines is 1. The van der Waals surface area contributed by atoms with Crippen molar-refractivity contribution in [3.8, 4) is 11.1 Å². The van der Waals surface area contributed by atoms with Crippen molar-refractivity contribution in [3.63, 3.8) is 0 Å². The van der Waals surface area contributed by atoms with Gasteiger partial charge < -0.3 is 10.5 Å². The van der Waals surface area contributed by atoms with Crippen molar-refractivity contribution in [3.05, 3.63) is 39.2 Å². The molecule has 0 radical (unpaired) electrons. The second-order valence-corrected chi connectivity index (χ2v) is 5.68. The number of carbonyl (C=O) groups is 1. The highest BCUT2D eigenvalue weighted by molar-refractivity contribution is 7.17. The summed E-state index contributed by atoms with van der Waals surface area (Å²) >= 11 is 7.42. The van der Waals surface area contributed by atoms with Crippen LogP contribution in [0.4, 0.5) is 5.00 Å². The smallest absolute Gasteiger partial charge is 0.341 e. The number of ether oxygens (including phenoxy) is 1. The van der Waals surface area contributed by atoms with E-state index in [0.29, 0.717) is 15.6 Å². The summed E-state index contributed by atoms with van der Waals surface area (Å²) in [7, 11) is 1.36. The number of nitrogen functional groups attached to an aromatic ring is 1. The standard InChI is InChI=1S/C13H10ClNO2S/c1-17-13(16)11-10-8-3-2-7(14)4-6(8)5-9(10)18-12(11)15/h2-4H,5,15H2,1H3. The highest BCUT2D eigenvalue weighted by atomic mass is 35.5. The quantitative estimate of drug-likeness (QED) is 0.695. The van der Waals surface area contributed by atoms with Crippen LogP contribution < -0.4 is 5.73 Å². The van der Waals surface area contributed by atoms with Gasteiger partial charge in [0.1, 0.15) is 10.6 Å². The highest BCUT2D eigenvalue weighted by Crippen LogP contribution is 2.47. The minimum absolute atomic E-state index is 0.382. The van der Waals surface area contributed by atoms with E-state index in [1.165, 1.54) is 18.4 Å². The number of carbonyl (C=O) groups excluding carboxylic acids is 1. The number of halogens is 1. The molecule has 1 aliphatic carbocycles. The van der Waals surface area contributed by atoms with E-state index < -0.39 is 0 Å². The lowest BCUT2D eigenvalue weighted by Crippen LogP contribution is -2.04. The second-order valence-electron chi connectivity index (χ2n) is 4.11. The molecule has 0 saturated heterocycles. The molecular weight excluding hydrogens is 270 g/mol. The number of thiophene rings is 1. The van der Waals surface area contributed by atoms with Crippen LogP contribution in [0, 0.1) is 0 Å². The van der Waals surface area contributed by atoms with Crippen molar-refractivity contribution < 1.29 is 9.53 Å². The number of fused-ring (bicyclic) bond motifs is 3. The molecule has 1 aromatic heterocycles. The van der Waals surface area contributed by atoms with Crippen molar-refractivity contribution in [2.75, 3.05) is 12.8 Å². The number of nitrogens with two attached hydrogens (primary N) is 1. The molecule has 3 rings (SSSR count). The van der Waals surface area contributed by atoms with Crippen LogP contribution in [0.25, 0.3) is 11.1 Å². The molecule has 1 heterocycles. The third-order valence-electron chi connectivity index (χ3n) is 3.09. The first-order chi connectivity index (χ1) is 8.61. The van der Waals surface area contributed by atoms with Gasteiger partial charge in [0.2, 0.25) is 0 Å². The Balaban J connectivity index is 2.25. The molecular formula is C13H10ClNO2S. The largest absolute Gasteiger partial charge is 0.465 e. The van der Waals surface area contributed by atoms with Crippen molar-refractivity contribution in [2.24, 2.45) is 0 Å². The molecule has 1 aromatic carbocycles. The van der Waals surface area contributed by atoms with Gasteiger partial charge in [0, 0.05) is 21.9 Å². The van der Waals surface area contributed by atoms with E-state index >= 15 is 0 Å². The monoisotopic (exact) mass is 279 g/mol. The van der Waals surface area contributed by atoms with Gasteiger partial charge in [0.05, 0.1) is 7.11 Å². The molecule has 92 valence electrons. The molecule has 1 aliphatic rings. The molecule has 0 fully saturated rings. The maximum Gasteiger partial charge on any atom is 0.341 e. The molecule has 0 spiro atoms. The summed E-state index contributed by atoms with van der Waals surface area (Å²) in [6.45, 7) is 0. The Kier molecular flexibility index (Phi) is 2.57. The van der Waals surface area contributed by atoms with Crippen molar-refractivity contribution in [2.45, 2.75) is 6.42 Å². The lowest BCUT2D eigenvalue weighted by Gasteiger charge is -2.04. The van der Waals surface area contributed by atoms with Gasteiger partial charge in [-0.3, -0.25) is 0 Å². The Hall–Kier alpha value is -1.52. The Bertz CT molecular complexity index is 663. The highest BCUT2D eigenvalue weighted by Gasteiger charge is 2.29. The predicted octanol–water partition coefficient (Wildman–Crippen LogP) is 3.34. The lowest BCUT2D eigenvalue weighted by molar-refractivity contribution is 0.0603. The van der Waals surface area contributed by atoms with Gasteiger partial charge in [0.25, 0.3) is 0 Å². The first-order valence-corrected chi connectivity index (χ1v) is 6.59. The average molecular weight is 280 g/mol. The van der Waals surface area contributed by atoms with Crippen LogP contribution in [-0.2, 0) is 11.2 Å². The lowest BCUT2D eigenvalue weighted by atomic mass is 10.0. The van der Waals surface area contributed by atoms with Crippen molar-refractivity contribution in [1.82, 2.24) is 0 Å². The number of rotatable bonds is 1. The summed E-state index contributed by atoms with van der Waals surface area (Å²) in [5.41, 5.74) is 9.47. The fourth-order valence-electron chi connectivity index (χ4n) is 2.34. The minimum Gasteiger partial charge on any atom is -0.465 e. The van der Waals surface area contributed by atoms with Crippen LogP contribution >= 0.6 is 22.9 Å². The molecule has 5 heteroatoms. The van der Waals surface area contributed by atoms with Gasteiger partial charge in [-0.1, -0.05) is 17.7 Å². The van der Waals surface area contributed by atoms with Crippen molar-refractivity contribution in [1.29, 1.82) is 0 Å². The molecule has 0 unspecified atom stereocenters. The maximum atomic E-state index is 11.8. The summed E-state index contributed by atoms with van der Waals surface area (Å²) in [5, 5.41) is 1.23. The molecule has 2 aromatic rings. The van der Waals surface area contributed by atoms with Gasteiger partial charge >= 0.3 is 5.97 Å². The summed E-state index contributed by atoms with van der Waals surface area (Å²) in [5.74, 6) is -0.382. The fraction of sp³-hybridized carbons (Fsp3) is 0.154. The number of esters is 1. The van der Waals surface area contributed by atoms with E-state index in [0.717, 1.165) is 28.0 Å². The van der Waals surface area contributed by atoms with Gasteiger partial charge in [0.15, 0.2) is 0 Å². The first-order valence-electron chi connectivity index (χ1n) is 5.40. The molecule has 18 heavy (non-hydrogen) atoms. The predicted molar refractivity (Wildman–Crippen MR) is 73.3 cm³/mol. The Morgan fingerprint density at radius 1 is 1.50 bits per heavy atom. The molecule has 3 nitrogen and oxygen atoms in total. The SMILES string of the molecule is COC(=O)c1c(N)sc2c1-c1ccc(Cl)cc1C2. The first kappa shape index (κ1) is 11.6. The van der Waals surface area contributed by atoms with E-state index in [4.69, 9.17) is 22.1 Å². The Morgan fingerprint density at radius 2 is 2.28 bits per heavy atom. The van der Waals surface area contributed by atoms with E-state index in [-0.39, 0.29) is 5.97 Å². The normalized spacial score (nSPS) is 12.1. The molecule has 0 saturated carbocycles. The van der Waals surface area contributed by atoms with Crippen LogP contribution in [0.1, 0.15) is 20.8 Å². The van der Waals surface area contributed by atoms with E-state index in [2.05, 4.69) is 0 Å². The van der Waals surface area contributed by atoms with E-state index in [9.17, 15) is 4.79 Å². The summed E-state index contributed by atoms with van der Waals surface area (Å²) in [4.78, 5) is 12.9. The van der Waals surface area contributed by atoms with Crippen LogP contribution in [0.5, 0.6) is 0 Å². The molecule has 2 N–H and O–H groups in total. The molecule has 0 amide bonds. The number of benzene rings is 1. The number of hydrogen-bond donors (Lipinski definition) is 1. The van der Waals surface area contributed by atoms with Crippen LogP contribution in [-0.4, -0.2) is 13.1 Å². The third kappa shape index (κ3) is 1.53. The summed E-state index contributed by atoms with van der Waals surface area (Å²) < 4.78 is 4.80. The second kappa shape index (κ2) is 4.00. The Morgan fingerprint density at radius 3 is 3.00 bits per heavy atom. The Labute approximate surface area is 113 Å². The van der Waals surface area contributed by atoms with E-state index in [1.54, 1.807) is 0 Å². The summed E-state index contributed by atoms with van der Waals surface area (Å²) in [6.07, 6.45) is 0.775. The van der Waals surface area contributed by atoms with Gasteiger partial charge in [-0.25, -0.2) is 4.79 Å². The van der Waals surface area contributed by atoms with Gasteiger partial charge in [-0.15, -0.1) is 11.3 Å². The average Bonchev–Trinajstić information content (AvgIpc) is 2.81. The van der Waals surface area contributed by atoms with Crippen LogP contribution in [0.2, 0.25) is 5.02 Å². The zero-order chi connectivity index (χ0) is 12.9. The van der Waals surface area contributed by atoms with Crippen molar-refractivity contribution >= 4 is 33.9 Å². The summed E-state index contributed by atoms with van der Waals surface area (Å²) in [6, 6.07) is 5.69.